The van der Waals surface area contributed by atoms with Crippen molar-refractivity contribution in [3.8, 4) is 55.6 Å². The average Bonchev–Trinajstić information content (AvgIpc) is 3.49. The second-order valence-electron chi connectivity index (χ2n) is 15.4. The molecule has 0 saturated heterocycles. The van der Waals surface area contributed by atoms with Gasteiger partial charge in [-0.15, -0.1) is 0 Å². The van der Waals surface area contributed by atoms with E-state index in [-0.39, 0.29) is 5.41 Å². The summed E-state index contributed by atoms with van der Waals surface area (Å²) in [6, 6.07) is 61.6. The Morgan fingerprint density at radius 2 is 1.00 bits per heavy atom. The Labute approximate surface area is 311 Å². The third-order valence-corrected chi connectivity index (χ3v) is 12.2. The van der Waals surface area contributed by atoms with E-state index in [1.807, 2.05) is 0 Å². The summed E-state index contributed by atoms with van der Waals surface area (Å²) < 4.78 is 0. The average molecular weight is 675 g/mol. The first-order valence-corrected chi connectivity index (χ1v) is 18.9. The van der Waals surface area contributed by atoms with Crippen molar-refractivity contribution in [1.29, 1.82) is 0 Å². The normalized spacial score (nSPS) is 16.2. The van der Waals surface area contributed by atoms with E-state index in [1.165, 1.54) is 111 Å². The third-order valence-electron chi connectivity index (χ3n) is 12.2. The topological polar surface area (TPSA) is 0 Å². The van der Waals surface area contributed by atoms with E-state index in [0.717, 1.165) is 12.8 Å². The first-order valence-electron chi connectivity index (χ1n) is 18.9. The van der Waals surface area contributed by atoms with Crippen molar-refractivity contribution >= 4 is 16.3 Å². The summed E-state index contributed by atoms with van der Waals surface area (Å²) in [7, 11) is 0. The number of benzene rings is 8. The van der Waals surface area contributed by atoms with E-state index >= 15 is 0 Å². The first-order chi connectivity index (χ1) is 26.1. The van der Waals surface area contributed by atoms with Crippen LogP contribution in [-0.2, 0) is 11.8 Å². The van der Waals surface area contributed by atoms with Crippen molar-refractivity contribution in [2.45, 2.75) is 32.1 Å². The predicted octanol–water partition coefficient (Wildman–Crippen LogP) is 13.8. The molecule has 0 radical (unpaired) electrons. The zero-order chi connectivity index (χ0) is 35.3. The molecular weight excluding hydrogens is 637 g/mol. The smallest absolute Gasteiger partial charge is 0.0303 e. The Morgan fingerprint density at radius 1 is 0.396 bits per heavy atom. The third kappa shape index (κ3) is 4.42. The van der Waals surface area contributed by atoms with Gasteiger partial charge in [-0.25, -0.2) is 0 Å². The second kappa shape index (κ2) is 11.4. The molecule has 3 aliphatic carbocycles. The lowest BCUT2D eigenvalue weighted by Crippen LogP contribution is -2.34. The van der Waals surface area contributed by atoms with Crippen LogP contribution in [0.5, 0.6) is 0 Å². The summed E-state index contributed by atoms with van der Waals surface area (Å²) in [5.74, 6) is 0. The van der Waals surface area contributed by atoms with Gasteiger partial charge in [-0.1, -0.05) is 163 Å². The molecule has 0 aliphatic heterocycles. The van der Waals surface area contributed by atoms with E-state index in [0.29, 0.717) is 0 Å². The monoisotopic (exact) mass is 674 g/mol. The van der Waals surface area contributed by atoms with Crippen LogP contribution in [0.2, 0.25) is 0 Å². The number of hydrogen-bond acceptors (Lipinski definition) is 0. The van der Waals surface area contributed by atoms with Crippen LogP contribution in [0.25, 0.3) is 72.0 Å². The highest BCUT2D eigenvalue weighted by Gasteiger charge is 2.51. The number of aryl methyl sites for hydroxylation is 2. The van der Waals surface area contributed by atoms with Crippen molar-refractivity contribution in [2.24, 2.45) is 0 Å². The highest BCUT2D eigenvalue weighted by molar-refractivity contribution is 6.17. The van der Waals surface area contributed by atoms with Gasteiger partial charge in [-0.2, -0.15) is 0 Å². The molecule has 11 rings (SSSR count). The van der Waals surface area contributed by atoms with Crippen LogP contribution < -0.4 is 0 Å². The maximum Gasteiger partial charge on any atom is 0.0303 e. The lowest BCUT2D eigenvalue weighted by molar-refractivity contribution is 0.521. The minimum atomic E-state index is -0.149. The van der Waals surface area contributed by atoms with E-state index in [4.69, 9.17) is 0 Å². The highest BCUT2D eigenvalue weighted by atomic mass is 14.5. The van der Waals surface area contributed by atoms with Crippen LogP contribution in [0.3, 0.4) is 0 Å². The molecule has 53 heavy (non-hydrogen) atoms. The molecule has 8 aromatic rings. The standard InChI is InChI=1S/C53H38/c1-33-13-11-18-37(27-33)48-43-19-9-10-20-44(43)49-47-28-34(2)23-24-38(47)32-53-26-25-42(45-21-12-22-46(51(45)53)50(48)52(49)53)41-30-39(35-14-5-3-6-15-35)29-40(31-41)36-16-7-4-8-17-36/h3-25,27-31H,26,32H2,1-2H3. The second-order valence-corrected chi connectivity index (χ2v) is 15.4. The SMILES string of the molecule is Cc1cccc(-c2c3c4c(c5ccccc25)-c2cc(C)ccc2CC42CC=C(c4cc(-c5ccccc5)cc(-c5ccccc5)c4)c4cccc-3c42)c1. The van der Waals surface area contributed by atoms with Crippen molar-refractivity contribution in [1.82, 2.24) is 0 Å². The predicted molar refractivity (Wildman–Crippen MR) is 223 cm³/mol. The molecule has 1 atom stereocenters. The molecule has 0 heterocycles. The first kappa shape index (κ1) is 30.4. The number of allylic oxidation sites excluding steroid dienone is 1. The van der Waals surface area contributed by atoms with Gasteiger partial charge in [0.15, 0.2) is 0 Å². The van der Waals surface area contributed by atoms with Crippen LogP contribution >= 0.6 is 0 Å². The van der Waals surface area contributed by atoms with E-state index in [1.54, 1.807) is 0 Å². The lowest BCUT2D eigenvalue weighted by Gasteiger charge is -2.42. The van der Waals surface area contributed by atoms with E-state index in [9.17, 15) is 0 Å². The quantitative estimate of drug-likeness (QED) is 0.174. The van der Waals surface area contributed by atoms with Gasteiger partial charge in [0.25, 0.3) is 0 Å². The lowest BCUT2D eigenvalue weighted by atomic mass is 9.60. The summed E-state index contributed by atoms with van der Waals surface area (Å²) >= 11 is 0. The Hall–Kier alpha value is -6.24. The molecule has 0 fully saturated rings. The summed E-state index contributed by atoms with van der Waals surface area (Å²) in [5, 5.41) is 2.70. The van der Waals surface area contributed by atoms with Crippen LogP contribution in [0.15, 0.2) is 170 Å². The fourth-order valence-electron chi connectivity index (χ4n) is 10.1. The molecule has 0 nitrogen and oxygen atoms in total. The number of rotatable bonds is 4. The van der Waals surface area contributed by atoms with Gasteiger partial charge in [0.05, 0.1) is 0 Å². The van der Waals surface area contributed by atoms with Gasteiger partial charge < -0.3 is 0 Å². The zero-order valence-electron chi connectivity index (χ0n) is 30.1. The van der Waals surface area contributed by atoms with Crippen LogP contribution in [0, 0.1) is 13.8 Å². The molecular formula is C53H38. The Morgan fingerprint density at radius 3 is 1.72 bits per heavy atom. The maximum absolute atomic E-state index is 2.59. The van der Waals surface area contributed by atoms with Gasteiger partial charge >= 0.3 is 0 Å². The van der Waals surface area contributed by atoms with Crippen LogP contribution in [0.4, 0.5) is 0 Å². The van der Waals surface area contributed by atoms with E-state index in [2.05, 4.69) is 184 Å². The molecule has 1 unspecified atom stereocenters. The zero-order valence-corrected chi connectivity index (χ0v) is 30.1. The van der Waals surface area contributed by atoms with Gasteiger partial charge in [0.1, 0.15) is 0 Å². The minimum Gasteiger partial charge on any atom is -0.0748 e. The molecule has 8 aromatic carbocycles. The summed E-state index contributed by atoms with van der Waals surface area (Å²) in [5.41, 5.74) is 24.3. The van der Waals surface area contributed by atoms with E-state index < -0.39 is 0 Å². The molecule has 0 heteroatoms. The largest absolute Gasteiger partial charge is 0.0748 e. The van der Waals surface area contributed by atoms with Gasteiger partial charge in [-0.3, -0.25) is 0 Å². The number of fused-ring (bicyclic) bond motifs is 5. The summed E-state index contributed by atoms with van der Waals surface area (Å²) in [4.78, 5) is 0. The van der Waals surface area contributed by atoms with Crippen molar-refractivity contribution < 1.29 is 0 Å². The minimum absolute atomic E-state index is 0.149. The molecule has 0 amide bonds. The summed E-state index contributed by atoms with van der Waals surface area (Å²) in [6.45, 7) is 4.46. The van der Waals surface area contributed by atoms with Crippen molar-refractivity contribution in [3.63, 3.8) is 0 Å². The Balaban J connectivity index is 1.23. The van der Waals surface area contributed by atoms with Gasteiger partial charge in [0, 0.05) is 5.41 Å². The van der Waals surface area contributed by atoms with Crippen LogP contribution in [-0.4, -0.2) is 0 Å². The fraction of sp³-hybridized carbons (Fsp3) is 0.0943. The highest BCUT2D eigenvalue weighted by Crippen LogP contribution is 2.66. The fourth-order valence-corrected chi connectivity index (χ4v) is 10.1. The maximum atomic E-state index is 2.59. The molecule has 0 N–H and O–H groups in total. The Bertz CT molecular complexity index is 2780. The Kier molecular flexibility index (Phi) is 6.53. The molecule has 0 saturated carbocycles. The van der Waals surface area contributed by atoms with Crippen molar-refractivity contribution in [3.05, 3.63) is 209 Å². The van der Waals surface area contributed by atoms with Gasteiger partial charge in [-0.05, 0) is 145 Å². The molecule has 3 aliphatic rings. The molecule has 0 aromatic heterocycles. The molecule has 250 valence electrons. The molecule has 1 spiro atoms. The molecule has 0 bridgehead atoms. The summed E-state index contributed by atoms with van der Waals surface area (Å²) in [6.07, 6.45) is 4.55. The number of hydrogen-bond donors (Lipinski definition) is 0. The van der Waals surface area contributed by atoms with Crippen LogP contribution in [0.1, 0.15) is 45.4 Å². The van der Waals surface area contributed by atoms with Crippen molar-refractivity contribution in [2.75, 3.05) is 0 Å². The van der Waals surface area contributed by atoms with Gasteiger partial charge in [0.2, 0.25) is 0 Å².